The van der Waals surface area contributed by atoms with Crippen molar-refractivity contribution in [1.82, 2.24) is 0 Å². The molecule has 0 saturated carbocycles. The summed E-state index contributed by atoms with van der Waals surface area (Å²) in [7, 11) is 0. The summed E-state index contributed by atoms with van der Waals surface area (Å²) in [6, 6.07) is 3.14. The smallest absolute Gasteiger partial charge is 0.200 e. The Morgan fingerprint density at radius 3 is 2.62 bits per heavy atom. The lowest BCUT2D eigenvalue weighted by Crippen LogP contribution is -2.14. The van der Waals surface area contributed by atoms with Gasteiger partial charge in [-0.05, 0) is 69.1 Å². The van der Waals surface area contributed by atoms with Crippen LogP contribution in [-0.2, 0) is 11.2 Å². The molecule has 2 nitrogen and oxygen atoms in total. The molecular formula is C20H28F2O2. The molecule has 1 unspecified atom stereocenters. The summed E-state index contributed by atoms with van der Waals surface area (Å²) < 4.78 is 38.7. The van der Waals surface area contributed by atoms with Gasteiger partial charge >= 0.3 is 0 Å². The van der Waals surface area contributed by atoms with E-state index in [0.717, 1.165) is 44.9 Å². The molecule has 0 N–H and O–H groups in total. The lowest BCUT2D eigenvalue weighted by Gasteiger charge is -2.23. The van der Waals surface area contributed by atoms with Crippen LogP contribution in [0, 0.1) is 11.6 Å². The number of allylic oxidation sites excluding steroid dienone is 1. The maximum atomic E-state index is 14.0. The standard InChI is InChI=1S/C20H28F2O2/c1-3-7-15-10-12-17(24-14-15)9-6-5-8-16-11-13-18(23-4-2)20(22)19(16)21/h11,13-14,17H,3-10,12H2,1-2H3. The SMILES string of the molecule is CCCC1=COC(CCCCc2ccc(OCC)c(F)c2F)CC1. The van der Waals surface area contributed by atoms with Gasteiger partial charge in [-0.15, -0.1) is 0 Å². The minimum atomic E-state index is -0.876. The molecule has 24 heavy (non-hydrogen) atoms. The van der Waals surface area contributed by atoms with Crippen LogP contribution in [-0.4, -0.2) is 12.7 Å². The monoisotopic (exact) mass is 338 g/mol. The van der Waals surface area contributed by atoms with Crippen LogP contribution in [0.2, 0.25) is 0 Å². The molecule has 0 aliphatic carbocycles. The Bertz CT molecular complexity index is 555. The van der Waals surface area contributed by atoms with E-state index in [1.165, 1.54) is 11.6 Å². The van der Waals surface area contributed by atoms with E-state index in [1.54, 1.807) is 13.0 Å². The first-order valence-corrected chi connectivity index (χ1v) is 9.08. The normalized spacial score (nSPS) is 17.3. The second-order valence-corrected chi connectivity index (χ2v) is 6.35. The molecule has 0 aromatic heterocycles. The fourth-order valence-electron chi connectivity index (χ4n) is 3.10. The van der Waals surface area contributed by atoms with E-state index in [9.17, 15) is 8.78 Å². The third-order valence-electron chi connectivity index (χ3n) is 4.43. The summed E-state index contributed by atoms with van der Waals surface area (Å²) in [5.74, 6) is -1.66. The van der Waals surface area contributed by atoms with Gasteiger partial charge in [-0.25, -0.2) is 4.39 Å². The molecule has 0 saturated heterocycles. The molecule has 1 aromatic carbocycles. The number of ether oxygens (including phenoxy) is 2. The second kappa shape index (κ2) is 9.65. The Kier molecular flexibility index (Phi) is 7.54. The zero-order chi connectivity index (χ0) is 17.4. The highest BCUT2D eigenvalue weighted by Crippen LogP contribution is 2.26. The van der Waals surface area contributed by atoms with Crippen LogP contribution in [0.4, 0.5) is 8.78 Å². The first kappa shape index (κ1) is 18.8. The summed E-state index contributed by atoms with van der Waals surface area (Å²) in [5, 5.41) is 0. The van der Waals surface area contributed by atoms with E-state index in [-0.39, 0.29) is 11.9 Å². The number of aryl methyl sites for hydroxylation is 1. The summed E-state index contributed by atoms with van der Waals surface area (Å²) >= 11 is 0. The average molecular weight is 338 g/mol. The molecule has 2 rings (SSSR count). The molecule has 1 aromatic rings. The molecule has 1 aliphatic heterocycles. The maximum Gasteiger partial charge on any atom is 0.200 e. The zero-order valence-corrected chi connectivity index (χ0v) is 14.7. The lowest BCUT2D eigenvalue weighted by molar-refractivity contribution is 0.107. The van der Waals surface area contributed by atoms with E-state index < -0.39 is 11.6 Å². The van der Waals surface area contributed by atoms with Crippen LogP contribution in [0.3, 0.4) is 0 Å². The van der Waals surface area contributed by atoms with E-state index in [0.29, 0.717) is 18.6 Å². The Morgan fingerprint density at radius 1 is 1.12 bits per heavy atom. The second-order valence-electron chi connectivity index (χ2n) is 6.35. The molecule has 1 atom stereocenters. The molecule has 1 heterocycles. The third kappa shape index (κ3) is 5.22. The molecule has 0 amide bonds. The fourth-order valence-corrected chi connectivity index (χ4v) is 3.10. The number of hydrogen-bond acceptors (Lipinski definition) is 2. The van der Waals surface area contributed by atoms with Crippen LogP contribution >= 0.6 is 0 Å². The van der Waals surface area contributed by atoms with E-state index >= 15 is 0 Å². The summed E-state index contributed by atoms with van der Waals surface area (Å²) in [6.45, 7) is 4.25. The predicted molar refractivity (Wildman–Crippen MR) is 92.2 cm³/mol. The molecule has 134 valence electrons. The van der Waals surface area contributed by atoms with Crippen molar-refractivity contribution in [2.75, 3.05) is 6.61 Å². The van der Waals surface area contributed by atoms with Gasteiger partial charge in [0.05, 0.1) is 19.0 Å². The van der Waals surface area contributed by atoms with Crippen LogP contribution in [0.5, 0.6) is 5.75 Å². The highest BCUT2D eigenvalue weighted by atomic mass is 19.2. The van der Waals surface area contributed by atoms with Crippen molar-refractivity contribution < 1.29 is 18.3 Å². The average Bonchev–Trinajstić information content (AvgIpc) is 2.59. The van der Waals surface area contributed by atoms with Gasteiger partial charge in [0.2, 0.25) is 5.82 Å². The summed E-state index contributed by atoms with van der Waals surface area (Å²) in [6.07, 6.45) is 9.96. The van der Waals surface area contributed by atoms with Crippen LogP contribution in [0.1, 0.15) is 64.4 Å². The number of unbranched alkanes of at least 4 members (excludes halogenated alkanes) is 1. The summed E-state index contributed by atoms with van der Waals surface area (Å²) in [4.78, 5) is 0. The Labute approximate surface area is 143 Å². The van der Waals surface area contributed by atoms with Gasteiger partial charge in [-0.2, -0.15) is 4.39 Å². The van der Waals surface area contributed by atoms with Crippen molar-refractivity contribution in [3.8, 4) is 5.75 Å². The maximum absolute atomic E-state index is 14.0. The number of hydrogen-bond donors (Lipinski definition) is 0. The number of rotatable bonds is 9. The molecule has 4 heteroatoms. The predicted octanol–water partition coefficient (Wildman–Crippen LogP) is 5.94. The Morgan fingerprint density at radius 2 is 1.96 bits per heavy atom. The fraction of sp³-hybridized carbons (Fsp3) is 0.600. The molecule has 0 bridgehead atoms. The molecule has 0 spiro atoms. The van der Waals surface area contributed by atoms with E-state index in [4.69, 9.17) is 9.47 Å². The first-order valence-electron chi connectivity index (χ1n) is 9.08. The molecule has 0 radical (unpaired) electrons. The van der Waals surface area contributed by atoms with Gasteiger partial charge in [0.15, 0.2) is 11.6 Å². The highest BCUT2D eigenvalue weighted by molar-refractivity contribution is 5.31. The van der Waals surface area contributed by atoms with Crippen molar-refractivity contribution >= 4 is 0 Å². The molecule has 1 aliphatic rings. The first-order chi connectivity index (χ1) is 11.7. The Hall–Kier alpha value is -1.58. The molecular weight excluding hydrogens is 310 g/mol. The largest absolute Gasteiger partial charge is 0.498 e. The van der Waals surface area contributed by atoms with Crippen LogP contribution in [0.25, 0.3) is 0 Å². The van der Waals surface area contributed by atoms with Crippen LogP contribution in [0.15, 0.2) is 24.0 Å². The van der Waals surface area contributed by atoms with Crippen molar-refractivity contribution in [1.29, 1.82) is 0 Å². The number of benzene rings is 1. The van der Waals surface area contributed by atoms with Gasteiger partial charge in [0, 0.05) is 0 Å². The topological polar surface area (TPSA) is 18.5 Å². The van der Waals surface area contributed by atoms with Crippen molar-refractivity contribution in [3.05, 3.63) is 41.2 Å². The van der Waals surface area contributed by atoms with Gasteiger partial charge in [0.25, 0.3) is 0 Å². The quantitative estimate of drug-likeness (QED) is 0.519. The van der Waals surface area contributed by atoms with Crippen molar-refractivity contribution in [2.24, 2.45) is 0 Å². The minimum Gasteiger partial charge on any atom is -0.498 e. The molecule has 0 fully saturated rings. The highest BCUT2D eigenvalue weighted by Gasteiger charge is 2.16. The van der Waals surface area contributed by atoms with E-state index in [2.05, 4.69) is 6.92 Å². The third-order valence-corrected chi connectivity index (χ3v) is 4.43. The van der Waals surface area contributed by atoms with Crippen LogP contribution < -0.4 is 4.74 Å². The lowest BCUT2D eigenvalue weighted by atomic mass is 9.98. The van der Waals surface area contributed by atoms with Gasteiger partial charge in [0.1, 0.15) is 0 Å². The zero-order valence-electron chi connectivity index (χ0n) is 14.7. The van der Waals surface area contributed by atoms with Crippen molar-refractivity contribution in [3.63, 3.8) is 0 Å². The Balaban J connectivity index is 1.74. The number of halogens is 2. The minimum absolute atomic E-state index is 0.0102. The van der Waals surface area contributed by atoms with Gasteiger partial charge in [-0.3, -0.25) is 0 Å². The van der Waals surface area contributed by atoms with Gasteiger partial charge in [-0.1, -0.05) is 19.4 Å². The van der Waals surface area contributed by atoms with Crippen molar-refractivity contribution in [2.45, 2.75) is 71.3 Å². The van der Waals surface area contributed by atoms with E-state index in [1.807, 2.05) is 6.26 Å². The van der Waals surface area contributed by atoms with Gasteiger partial charge < -0.3 is 9.47 Å². The summed E-state index contributed by atoms with van der Waals surface area (Å²) in [5.41, 5.74) is 1.83.